The molecule has 128 valence electrons. The molecule has 2 aromatic heterocycles. The fourth-order valence-corrected chi connectivity index (χ4v) is 2.34. The predicted octanol–water partition coefficient (Wildman–Crippen LogP) is 1.12. The maximum atomic E-state index is 12.5. The molecule has 11 heteroatoms. The number of anilines is 1. The van der Waals surface area contributed by atoms with Gasteiger partial charge in [-0.15, -0.1) is 0 Å². The molecular weight excluding hydrogens is 320 g/mol. The minimum Gasteiger partial charge on any atom is -0.476 e. The molecule has 0 aliphatic rings. The molecule has 0 spiro atoms. The van der Waals surface area contributed by atoms with Crippen LogP contribution < -0.4 is 5.32 Å². The van der Waals surface area contributed by atoms with Crippen molar-refractivity contribution in [2.75, 3.05) is 5.32 Å². The molecule has 11 nitrogen and oxygen atoms in total. The number of aryl methyl sites for hydroxylation is 2. The molecule has 2 aromatic rings. The number of carbonyl (C=O) groups excluding carboxylic acids is 1. The van der Waals surface area contributed by atoms with Crippen molar-refractivity contribution in [3.63, 3.8) is 0 Å². The summed E-state index contributed by atoms with van der Waals surface area (Å²) in [4.78, 5) is 33.9. The second kappa shape index (κ2) is 6.48. The van der Waals surface area contributed by atoms with Crippen LogP contribution in [0.4, 0.5) is 11.5 Å². The Kier molecular flexibility index (Phi) is 4.62. The van der Waals surface area contributed by atoms with Crippen molar-refractivity contribution in [2.45, 2.75) is 26.3 Å². The highest BCUT2D eigenvalue weighted by molar-refractivity contribution is 6.00. The molecule has 2 heterocycles. The van der Waals surface area contributed by atoms with Gasteiger partial charge in [0.05, 0.1) is 28.7 Å². The van der Waals surface area contributed by atoms with E-state index < -0.39 is 22.8 Å². The summed E-state index contributed by atoms with van der Waals surface area (Å²) < 4.78 is 2.38. The molecule has 0 bridgehead atoms. The number of aromatic nitrogens is 4. The average Bonchev–Trinajstić information content (AvgIpc) is 3.04. The summed E-state index contributed by atoms with van der Waals surface area (Å²) in [5.41, 5.74) is 0.336. The normalized spacial score (nSPS) is 12.0. The molecule has 1 amide bonds. The lowest BCUT2D eigenvalue weighted by molar-refractivity contribution is -0.389. The fraction of sp³-hybridized carbons (Fsp3) is 0.385. The zero-order valence-corrected chi connectivity index (χ0v) is 13.3. The molecule has 0 saturated heterocycles. The smallest absolute Gasteiger partial charge is 0.390 e. The highest BCUT2D eigenvalue weighted by Gasteiger charge is 2.28. The zero-order chi connectivity index (χ0) is 18.0. The molecular formula is C13H16N6O5. The van der Waals surface area contributed by atoms with Crippen LogP contribution >= 0.6 is 0 Å². The third-order valence-corrected chi connectivity index (χ3v) is 3.48. The number of amides is 1. The Bertz CT molecular complexity index is 808. The van der Waals surface area contributed by atoms with Gasteiger partial charge in [-0.25, -0.2) is 4.79 Å². The molecule has 0 aromatic carbocycles. The lowest BCUT2D eigenvalue weighted by atomic mass is 10.2. The van der Waals surface area contributed by atoms with Gasteiger partial charge in [0, 0.05) is 7.05 Å². The average molecular weight is 336 g/mol. The summed E-state index contributed by atoms with van der Waals surface area (Å²) in [6.07, 6.45) is 1.54. The van der Waals surface area contributed by atoms with Gasteiger partial charge < -0.3 is 20.5 Å². The fourth-order valence-electron chi connectivity index (χ4n) is 2.34. The number of carboxylic acid groups (broad SMARTS) is 1. The topological polar surface area (TPSA) is 145 Å². The Morgan fingerprint density at radius 3 is 2.67 bits per heavy atom. The molecule has 0 radical (unpaired) electrons. The summed E-state index contributed by atoms with van der Waals surface area (Å²) in [5, 5.41) is 30.1. The third-order valence-electron chi connectivity index (χ3n) is 3.48. The molecule has 1 atom stereocenters. The van der Waals surface area contributed by atoms with E-state index in [-0.39, 0.29) is 17.2 Å². The van der Waals surface area contributed by atoms with Gasteiger partial charge in [-0.2, -0.15) is 9.78 Å². The van der Waals surface area contributed by atoms with Gasteiger partial charge in [-0.3, -0.25) is 9.48 Å². The maximum Gasteiger partial charge on any atom is 0.390 e. The van der Waals surface area contributed by atoms with E-state index >= 15 is 0 Å². The van der Waals surface area contributed by atoms with Gasteiger partial charge in [0.15, 0.2) is 11.7 Å². The van der Waals surface area contributed by atoms with E-state index in [1.54, 1.807) is 13.8 Å². The van der Waals surface area contributed by atoms with Gasteiger partial charge >= 0.3 is 11.8 Å². The van der Waals surface area contributed by atoms with Crippen LogP contribution in [0.1, 0.15) is 35.6 Å². The van der Waals surface area contributed by atoms with Gasteiger partial charge in [0.2, 0.25) is 0 Å². The van der Waals surface area contributed by atoms with Crippen molar-refractivity contribution in [3.05, 3.63) is 33.8 Å². The maximum absolute atomic E-state index is 12.5. The minimum atomic E-state index is -1.23. The number of hydrogen-bond donors (Lipinski definition) is 2. The number of rotatable bonds is 6. The van der Waals surface area contributed by atoms with E-state index in [9.17, 15) is 19.7 Å². The molecule has 0 aliphatic carbocycles. The number of aromatic carboxylic acids is 1. The van der Waals surface area contributed by atoms with E-state index in [1.165, 1.54) is 24.0 Å². The van der Waals surface area contributed by atoms with Crippen molar-refractivity contribution in [1.82, 2.24) is 19.6 Å². The molecule has 0 unspecified atom stereocenters. The van der Waals surface area contributed by atoms with Crippen LogP contribution in [0.5, 0.6) is 0 Å². The molecule has 2 N–H and O–H groups in total. The number of nitrogens with zero attached hydrogens (tertiary/aromatic N) is 5. The van der Waals surface area contributed by atoms with Crippen molar-refractivity contribution < 1.29 is 19.6 Å². The molecule has 0 aliphatic heterocycles. The van der Waals surface area contributed by atoms with Gasteiger partial charge in [-0.05, 0) is 18.3 Å². The van der Waals surface area contributed by atoms with Gasteiger partial charge in [0.1, 0.15) is 0 Å². The van der Waals surface area contributed by atoms with Crippen molar-refractivity contribution in [1.29, 1.82) is 0 Å². The lowest BCUT2D eigenvalue weighted by Gasteiger charge is -2.14. The SMILES string of the molecule is CC[C@@H](C(=O)Nc1cnn(C)c1C(=O)O)n1nc([N+](=O)[O-])cc1C. The van der Waals surface area contributed by atoms with Crippen LogP contribution in [0.3, 0.4) is 0 Å². The largest absolute Gasteiger partial charge is 0.476 e. The first kappa shape index (κ1) is 17.1. The summed E-state index contributed by atoms with van der Waals surface area (Å²) in [6, 6.07) is 0.448. The van der Waals surface area contributed by atoms with Crippen molar-refractivity contribution in [2.24, 2.45) is 7.05 Å². The highest BCUT2D eigenvalue weighted by atomic mass is 16.6. The third kappa shape index (κ3) is 3.09. The van der Waals surface area contributed by atoms with E-state index in [1.807, 2.05) is 0 Å². The van der Waals surface area contributed by atoms with E-state index in [0.717, 1.165) is 4.68 Å². The lowest BCUT2D eigenvalue weighted by Crippen LogP contribution is -2.27. The highest BCUT2D eigenvalue weighted by Crippen LogP contribution is 2.22. The quantitative estimate of drug-likeness (QED) is 0.593. The summed E-state index contributed by atoms with van der Waals surface area (Å²) in [5.74, 6) is -2.12. The van der Waals surface area contributed by atoms with Gasteiger partial charge in [0.25, 0.3) is 5.91 Å². The number of hydrogen-bond acceptors (Lipinski definition) is 6. The zero-order valence-electron chi connectivity index (χ0n) is 13.3. The second-order valence-corrected chi connectivity index (χ2v) is 5.09. The van der Waals surface area contributed by atoms with Crippen LogP contribution in [0.25, 0.3) is 0 Å². The predicted molar refractivity (Wildman–Crippen MR) is 81.7 cm³/mol. The number of nitro groups is 1. The summed E-state index contributed by atoms with van der Waals surface area (Å²) in [6.45, 7) is 3.32. The molecule has 24 heavy (non-hydrogen) atoms. The van der Waals surface area contributed by atoms with Crippen LogP contribution in [0.2, 0.25) is 0 Å². The van der Waals surface area contributed by atoms with Crippen molar-refractivity contribution >= 4 is 23.4 Å². The van der Waals surface area contributed by atoms with Gasteiger partial charge in [-0.1, -0.05) is 6.92 Å². The molecule has 0 fully saturated rings. The molecule has 0 saturated carbocycles. The number of carbonyl (C=O) groups is 2. The summed E-state index contributed by atoms with van der Waals surface area (Å²) in [7, 11) is 1.44. The first-order chi connectivity index (χ1) is 11.3. The van der Waals surface area contributed by atoms with E-state index in [2.05, 4.69) is 15.5 Å². The van der Waals surface area contributed by atoms with E-state index in [0.29, 0.717) is 12.1 Å². The standard InChI is InChI=1S/C13H16N6O5/c1-4-9(18-7(2)5-10(16-18)19(23)24)12(20)15-8-6-14-17(3)11(8)13(21)22/h5-6,9H,4H2,1-3H3,(H,15,20)(H,21,22)/t9-/m0/s1. The minimum absolute atomic E-state index is 0.0489. The van der Waals surface area contributed by atoms with Crippen LogP contribution in [-0.2, 0) is 11.8 Å². The van der Waals surface area contributed by atoms with Crippen molar-refractivity contribution in [3.8, 4) is 0 Å². The Balaban J connectivity index is 2.30. The Morgan fingerprint density at radius 2 is 2.17 bits per heavy atom. The summed E-state index contributed by atoms with van der Waals surface area (Å²) >= 11 is 0. The van der Waals surface area contributed by atoms with E-state index in [4.69, 9.17) is 5.11 Å². The Hall–Kier alpha value is -3.24. The Morgan fingerprint density at radius 1 is 1.50 bits per heavy atom. The first-order valence-corrected chi connectivity index (χ1v) is 7.03. The van der Waals surface area contributed by atoms with Crippen LogP contribution in [-0.4, -0.2) is 41.5 Å². The Labute approximate surface area is 136 Å². The first-order valence-electron chi connectivity index (χ1n) is 7.03. The monoisotopic (exact) mass is 336 g/mol. The number of carboxylic acids is 1. The van der Waals surface area contributed by atoms with Crippen LogP contribution in [0.15, 0.2) is 12.3 Å². The molecule has 2 rings (SSSR count). The second-order valence-electron chi connectivity index (χ2n) is 5.09. The number of nitrogens with one attached hydrogen (secondary N) is 1. The van der Waals surface area contributed by atoms with Crippen LogP contribution in [0, 0.1) is 17.0 Å².